The monoisotopic (exact) mass is 438 g/mol. The van der Waals surface area contributed by atoms with E-state index in [9.17, 15) is 9.90 Å². The van der Waals surface area contributed by atoms with Gasteiger partial charge in [-0.15, -0.1) is 0 Å². The number of aliphatic hydroxyl groups is 1. The third-order valence-electron chi connectivity index (χ3n) is 7.65. The standard InChI is InChI=1S/C26H36N3O3/c1-29(19-8-15-24-27-16-9-17-28-24)18-7-14-23(29)20-32-25(30)26(31,22-12-5-6-13-22)21-10-3-2-4-11-21/h2-4,9-11,16-17,22-23,31H,5-8,12-15,18-20H2,1H3/q+1/t23?,26?,29-/m1/s1. The van der Waals surface area contributed by atoms with Crippen LogP contribution in [-0.2, 0) is 21.6 Å². The third kappa shape index (κ3) is 4.86. The molecular weight excluding hydrogens is 402 g/mol. The van der Waals surface area contributed by atoms with Crippen molar-refractivity contribution in [2.75, 3.05) is 26.7 Å². The van der Waals surface area contributed by atoms with Gasteiger partial charge >= 0.3 is 5.97 Å². The summed E-state index contributed by atoms with van der Waals surface area (Å²) in [5.74, 6) is 0.324. The first-order chi connectivity index (χ1) is 15.5. The highest BCUT2D eigenvalue weighted by Gasteiger charge is 2.48. The van der Waals surface area contributed by atoms with Gasteiger partial charge < -0.3 is 14.3 Å². The lowest BCUT2D eigenvalue weighted by Crippen LogP contribution is -2.52. The van der Waals surface area contributed by atoms with Crippen LogP contribution in [0.4, 0.5) is 0 Å². The maximum atomic E-state index is 13.3. The molecule has 4 rings (SSSR count). The number of carbonyl (C=O) groups is 1. The topological polar surface area (TPSA) is 72.3 Å². The van der Waals surface area contributed by atoms with Crippen molar-refractivity contribution in [1.29, 1.82) is 0 Å². The number of carbonyl (C=O) groups excluding carboxylic acids is 1. The summed E-state index contributed by atoms with van der Waals surface area (Å²) < 4.78 is 6.78. The summed E-state index contributed by atoms with van der Waals surface area (Å²) in [5.41, 5.74) is -0.895. The first-order valence-electron chi connectivity index (χ1n) is 12.1. The van der Waals surface area contributed by atoms with Crippen LogP contribution in [0.2, 0.25) is 0 Å². The Morgan fingerprint density at radius 1 is 1.09 bits per heavy atom. The van der Waals surface area contributed by atoms with E-state index in [0.29, 0.717) is 12.2 Å². The molecule has 6 heteroatoms. The second kappa shape index (κ2) is 10.1. The quantitative estimate of drug-likeness (QED) is 0.478. The predicted molar refractivity (Wildman–Crippen MR) is 123 cm³/mol. The molecule has 32 heavy (non-hydrogen) atoms. The molecule has 1 aliphatic carbocycles. The molecule has 1 aliphatic heterocycles. The zero-order valence-corrected chi connectivity index (χ0v) is 19.2. The Hall–Kier alpha value is -2.31. The summed E-state index contributed by atoms with van der Waals surface area (Å²) in [6.07, 6.45) is 11.4. The van der Waals surface area contributed by atoms with Crippen molar-refractivity contribution in [1.82, 2.24) is 9.97 Å². The first kappa shape index (κ1) is 22.9. The summed E-state index contributed by atoms with van der Waals surface area (Å²) in [7, 11) is 2.26. The number of hydrogen-bond acceptors (Lipinski definition) is 5. The largest absolute Gasteiger partial charge is 0.457 e. The fraction of sp³-hybridized carbons (Fsp3) is 0.577. The van der Waals surface area contributed by atoms with Crippen LogP contribution < -0.4 is 0 Å². The number of benzene rings is 1. The van der Waals surface area contributed by atoms with Crippen LogP contribution in [0.5, 0.6) is 0 Å². The number of rotatable bonds is 9. The van der Waals surface area contributed by atoms with E-state index in [-0.39, 0.29) is 12.0 Å². The Balaban J connectivity index is 1.38. The van der Waals surface area contributed by atoms with Crippen molar-refractivity contribution in [3.63, 3.8) is 0 Å². The van der Waals surface area contributed by atoms with Gasteiger partial charge in [-0.05, 0) is 24.5 Å². The third-order valence-corrected chi connectivity index (χ3v) is 7.65. The van der Waals surface area contributed by atoms with Crippen molar-refractivity contribution in [2.45, 2.75) is 63.0 Å². The molecule has 2 aliphatic rings. The van der Waals surface area contributed by atoms with E-state index in [4.69, 9.17) is 4.74 Å². The summed E-state index contributed by atoms with van der Waals surface area (Å²) >= 11 is 0. The van der Waals surface area contributed by atoms with Gasteiger partial charge in [-0.2, -0.15) is 0 Å². The minimum Gasteiger partial charge on any atom is -0.457 e. The molecule has 2 aromatic rings. The van der Waals surface area contributed by atoms with Crippen molar-refractivity contribution < 1.29 is 19.1 Å². The van der Waals surface area contributed by atoms with Crippen LogP contribution in [0.1, 0.15) is 56.3 Å². The van der Waals surface area contributed by atoms with Gasteiger partial charge in [0.05, 0.1) is 20.1 Å². The van der Waals surface area contributed by atoms with Gasteiger partial charge in [-0.3, -0.25) is 0 Å². The van der Waals surface area contributed by atoms with Crippen molar-refractivity contribution >= 4 is 5.97 Å². The summed E-state index contributed by atoms with van der Waals surface area (Å²) in [6.45, 7) is 2.45. The number of quaternary nitrogens is 1. The average molecular weight is 439 g/mol. The Morgan fingerprint density at radius 2 is 1.81 bits per heavy atom. The second-order valence-corrected chi connectivity index (χ2v) is 9.70. The minimum atomic E-state index is -1.55. The van der Waals surface area contributed by atoms with Gasteiger partial charge in [0.1, 0.15) is 18.5 Å². The van der Waals surface area contributed by atoms with E-state index < -0.39 is 11.6 Å². The molecule has 1 saturated heterocycles. The maximum Gasteiger partial charge on any atom is 0.343 e. The van der Waals surface area contributed by atoms with Crippen LogP contribution in [0, 0.1) is 5.92 Å². The lowest BCUT2D eigenvalue weighted by Gasteiger charge is -2.37. The van der Waals surface area contributed by atoms with E-state index in [1.54, 1.807) is 12.4 Å². The van der Waals surface area contributed by atoms with E-state index in [1.807, 2.05) is 36.4 Å². The zero-order valence-electron chi connectivity index (χ0n) is 19.2. The number of likely N-dealkylation sites (tertiary alicyclic amines) is 1. The number of likely N-dealkylation sites (N-methyl/N-ethyl adjacent to an activating group) is 1. The number of nitrogens with zero attached hydrogens (tertiary/aromatic N) is 3. The lowest BCUT2D eigenvalue weighted by molar-refractivity contribution is -0.921. The molecule has 0 radical (unpaired) electrons. The van der Waals surface area contributed by atoms with Gasteiger partial charge in [0.25, 0.3) is 0 Å². The van der Waals surface area contributed by atoms with Crippen LogP contribution in [-0.4, -0.2) is 58.3 Å². The summed E-state index contributed by atoms with van der Waals surface area (Å²) in [6, 6.07) is 11.5. The van der Waals surface area contributed by atoms with E-state index in [1.165, 1.54) is 0 Å². The van der Waals surface area contributed by atoms with Gasteiger partial charge in [-0.25, -0.2) is 14.8 Å². The minimum absolute atomic E-state index is 0.0762. The molecule has 2 unspecified atom stereocenters. The van der Waals surface area contributed by atoms with Crippen molar-refractivity contribution in [3.8, 4) is 0 Å². The molecule has 172 valence electrons. The number of esters is 1. The number of ether oxygens (including phenoxy) is 1. The molecule has 2 fully saturated rings. The zero-order chi connectivity index (χ0) is 22.4. The molecule has 1 aromatic carbocycles. The molecule has 0 spiro atoms. The number of hydrogen-bond donors (Lipinski definition) is 1. The SMILES string of the molecule is C[N@+]1(CCCc2ncccn2)CCCC1COC(=O)C(O)(c1ccccc1)C1CCCC1. The predicted octanol–water partition coefficient (Wildman–Crippen LogP) is 3.64. The molecule has 1 N–H and O–H groups in total. The van der Waals surface area contributed by atoms with Gasteiger partial charge in [0, 0.05) is 44.0 Å². The van der Waals surface area contributed by atoms with Crippen LogP contribution in [0.15, 0.2) is 48.8 Å². The Bertz CT molecular complexity index is 872. The first-order valence-corrected chi connectivity index (χ1v) is 12.1. The molecular formula is C26H36N3O3+. The highest BCUT2D eigenvalue weighted by Crippen LogP contribution is 2.41. The second-order valence-electron chi connectivity index (χ2n) is 9.70. The molecule has 0 bridgehead atoms. The fourth-order valence-corrected chi connectivity index (χ4v) is 5.64. The van der Waals surface area contributed by atoms with Crippen LogP contribution in [0.3, 0.4) is 0 Å². The van der Waals surface area contributed by atoms with Crippen molar-refractivity contribution in [3.05, 3.63) is 60.2 Å². The van der Waals surface area contributed by atoms with Gasteiger partial charge in [-0.1, -0.05) is 43.2 Å². The Morgan fingerprint density at radius 3 is 2.53 bits per heavy atom. The average Bonchev–Trinajstić information content (AvgIpc) is 3.49. The molecule has 0 amide bonds. The van der Waals surface area contributed by atoms with E-state index in [2.05, 4.69) is 17.0 Å². The molecule has 3 atom stereocenters. The highest BCUT2D eigenvalue weighted by atomic mass is 16.6. The van der Waals surface area contributed by atoms with Crippen LogP contribution >= 0.6 is 0 Å². The van der Waals surface area contributed by atoms with Crippen molar-refractivity contribution in [2.24, 2.45) is 5.92 Å². The van der Waals surface area contributed by atoms with E-state index in [0.717, 1.165) is 74.8 Å². The normalized spacial score (nSPS) is 25.5. The Labute approximate surface area is 191 Å². The van der Waals surface area contributed by atoms with Gasteiger partial charge in [0.2, 0.25) is 0 Å². The highest BCUT2D eigenvalue weighted by molar-refractivity contribution is 5.81. The van der Waals surface area contributed by atoms with E-state index >= 15 is 0 Å². The molecule has 1 saturated carbocycles. The number of aromatic nitrogens is 2. The smallest absolute Gasteiger partial charge is 0.343 e. The fourth-order valence-electron chi connectivity index (χ4n) is 5.64. The van der Waals surface area contributed by atoms with Crippen LogP contribution in [0.25, 0.3) is 0 Å². The molecule has 2 heterocycles. The lowest BCUT2D eigenvalue weighted by atomic mass is 9.80. The summed E-state index contributed by atoms with van der Waals surface area (Å²) in [5, 5.41) is 11.6. The number of aryl methyl sites for hydroxylation is 1. The molecule has 6 nitrogen and oxygen atoms in total. The molecule has 1 aromatic heterocycles. The maximum absolute atomic E-state index is 13.3. The Kier molecular flexibility index (Phi) is 7.21. The summed E-state index contributed by atoms with van der Waals surface area (Å²) in [4.78, 5) is 22.0. The van der Waals surface area contributed by atoms with Gasteiger partial charge in [0.15, 0.2) is 5.60 Å².